The molecule has 0 aliphatic rings. The Balaban J connectivity index is 3.30. The van der Waals surface area contributed by atoms with Crippen LogP contribution >= 0.6 is 0 Å². The van der Waals surface area contributed by atoms with E-state index in [2.05, 4.69) is 0 Å². The largest absolute Gasteiger partial charge is 0.481 e. The molecule has 5 heteroatoms. The Morgan fingerprint density at radius 3 is 2.59 bits per heavy atom. The van der Waals surface area contributed by atoms with Gasteiger partial charge in [0.05, 0.1) is 5.41 Å². The molecule has 1 heterocycles. The van der Waals surface area contributed by atoms with E-state index in [0.717, 1.165) is 0 Å². The van der Waals surface area contributed by atoms with Gasteiger partial charge in [-0.25, -0.2) is 0 Å². The highest BCUT2D eigenvalue weighted by molar-refractivity contribution is 5.73. The van der Waals surface area contributed by atoms with Crippen molar-refractivity contribution in [3.8, 4) is 6.07 Å². The van der Waals surface area contributed by atoms with E-state index in [-0.39, 0.29) is 12.1 Å². The van der Waals surface area contributed by atoms with Crippen molar-refractivity contribution in [1.82, 2.24) is 4.57 Å². The molecule has 1 N–H and O–H groups in total. The van der Waals surface area contributed by atoms with E-state index in [1.54, 1.807) is 32.9 Å². The third-order valence-corrected chi connectivity index (χ3v) is 2.65. The molecule has 1 aromatic heterocycles. The van der Waals surface area contributed by atoms with Gasteiger partial charge >= 0.3 is 5.97 Å². The van der Waals surface area contributed by atoms with Crippen LogP contribution in [-0.2, 0) is 11.3 Å². The molecule has 0 spiro atoms. The molecule has 0 aliphatic carbocycles. The number of nitrogens with zero attached hydrogens (tertiary/aromatic N) is 2. The quantitative estimate of drug-likeness (QED) is 0.850. The van der Waals surface area contributed by atoms with Gasteiger partial charge in [-0.15, -0.1) is 0 Å². The van der Waals surface area contributed by atoms with Crippen LogP contribution in [0.5, 0.6) is 0 Å². The Kier molecular flexibility index (Phi) is 3.37. The van der Waals surface area contributed by atoms with Crippen LogP contribution in [0.2, 0.25) is 0 Å². The molecule has 0 saturated carbocycles. The van der Waals surface area contributed by atoms with Crippen LogP contribution in [0.15, 0.2) is 16.9 Å². The second-order valence-electron chi connectivity index (χ2n) is 4.58. The molecule has 0 aromatic carbocycles. The zero-order chi connectivity index (χ0) is 13.2. The molecule has 0 aliphatic heterocycles. The van der Waals surface area contributed by atoms with Crippen LogP contribution in [0, 0.1) is 23.7 Å². The fourth-order valence-electron chi connectivity index (χ4n) is 1.42. The van der Waals surface area contributed by atoms with Crippen molar-refractivity contribution < 1.29 is 9.90 Å². The minimum atomic E-state index is -1.05. The third kappa shape index (κ3) is 2.53. The summed E-state index contributed by atoms with van der Waals surface area (Å²) in [6.45, 7) is 4.84. The summed E-state index contributed by atoms with van der Waals surface area (Å²) in [4.78, 5) is 22.9. The molecule has 1 aromatic rings. The van der Waals surface area contributed by atoms with Crippen LogP contribution in [-0.4, -0.2) is 15.6 Å². The molecular weight excluding hydrogens is 220 g/mol. The van der Waals surface area contributed by atoms with Gasteiger partial charge in [-0.05, 0) is 32.9 Å². The zero-order valence-corrected chi connectivity index (χ0v) is 10.0. The number of nitriles is 1. The third-order valence-electron chi connectivity index (χ3n) is 2.65. The summed E-state index contributed by atoms with van der Waals surface area (Å²) < 4.78 is 1.33. The predicted molar refractivity (Wildman–Crippen MR) is 61.6 cm³/mol. The first-order valence-electron chi connectivity index (χ1n) is 5.13. The van der Waals surface area contributed by atoms with Crippen molar-refractivity contribution in [3.05, 3.63) is 33.7 Å². The Morgan fingerprint density at radius 1 is 1.53 bits per heavy atom. The van der Waals surface area contributed by atoms with E-state index in [0.29, 0.717) is 5.69 Å². The minimum absolute atomic E-state index is 0.0248. The highest BCUT2D eigenvalue weighted by Crippen LogP contribution is 2.18. The first kappa shape index (κ1) is 13.0. The Hall–Kier alpha value is -2.09. The smallest absolute Gasteiger partial charge is 0.310 e. The van der Waals surface area contributed by atoms with Crippen LogP contribution in [0.1, 0.15) is 25.1 Å². The van der Waals surface area contributed by atoms with Gasteiger partial charge in [0.15, 0.2) is 0 Å². The summed E-state index contributed by atoms with van der Waals surface area (Å²) >= 11 is 0. The lowest BCUT2D eigenvalue weighted by Gasteiger charge is -2.21. The van der Waals surface area contributed by atoms with Crippen molar-refractivity contribution in [2.24, 2.45) is 5.41 Å². The van der Waals surface area contributed by atoms with Gasteiger partial charge in [0.1, 0.15) is 11.6 Å². The monoisotopic (exact) mass is 234 g/mol. The number of aliphatic carboxylic acids is 1. The van der Waals surface area contributed by atoms with Gasteiger partial charge < -0.3 is 9.67 Å². The van der Waals surface area contributed by atoms with E-state index in [9.17, 15) is 9.59 Å². The van der Waals surface area contributed by atoms with Crippen LogP contribution in [0.25, 0.3) is 0 Å². The number of rotatable bonds is 3. The highest BCUT2D eigenvalue weighted by Gasteiger charge is 2.28. The van der Waals surface area contributed by atoms with Crippen molar-refractivity contribution in [1.29, 1.82) is 5.26 Å². The maximum atomic E-state index is 11.9. The van der Waals surface area contributed by atoms with Gasteiger partial charge in [-0.1, -0.05) is 0 Å². The maximum Gasteiger partial charge on any atom is 0.310 e. The van der Waals surface area contributed by atoms with Crippen molar-refractivity contribution in [2.45, 2.75) is 27.3 Å². The van der Waals surface area contributed by atoms with Crippen LogP contribution in [0.3, 0.4) is 0 Å². The van der Waals surface area contributed by atoms with Crippen molar-refractivity contribution in [3.63, 3.8) is 0 Å². The van der Waals surface area contributed by atoms with Crippen LogP contribution < -0.4 is 5.56 Å². The normalized spacial score (nSPS) is 10.9. The number of pyridine rings is 1. The summed E-state index contributed by atoms with van der Waals surface area (Å²) in [6, 6.07) is 4.88. The molecular formula is C12H14N2O3. The van der Waals surface area contributed by atoms with E-state index in [1.165, 1.54) is 10.6 Å². The van der Waals surface area contributed by atoms with Gasteiger partial charge in [0, 0.05) is 12.2 Å². The predicted octanol–water partition coefficient (Wildman–Crippen LogP) is 1.14. The zero-order valence-electron chi connectivity index (χ0n) is 10.0. The Labute approximate surface area is 98.9 Å². The van der Waals surface area contributed by atoms with Crippen molar-refractivity contribution in [2.75, 3.05) is 0 Å². The molecule has 0 unspecified atom stereocenters. The molecule has 0 atom stereocenters. The van der Waals surface area contributed by atoms with E-state index in [1.807, 2.05) is 0 Å². The average Bonchev–Trinajstić information content (AvgIpc) is 2.24. The molecule has 0 fully saturated rings. The molecule has 0 radical (unpaired) electrons. The van der Waals surface area contributed by atoms with Gasteiger partial charge in [0.25, 0.3) is 5.56 Å². The highest BCUT2D eigenvalue weighted by atomic mass is 16.4. The minimum Gasteiger partial charge on any atom is -0.481 e. The van der Waals surface area contributed by atoms with E-state index >= 15 is 0 Å². The van der Waals surface area contributed by atoms with Crippen molar-refractivity contribution >= 4 is 5.97 Å². The van der Waals surface area contributed by atoms with E-state index in [4.69, 9.17) is 10.4 Å². The number of carboxylic acids is 1. The first-order chi connectivity index (χ1) is 7.79. The standard InChI is InChI=1S/C12H14N2O3/c1-8-4-5-9(6-13)10(15)14(8)7-12(2,3)11(16)17/h4-5H,7H2,1-3H3,(H,16,17). The molecule has 1 rings (SSSR count). The first-order valence-corrected chi connectivity index (χ1v) is 5.13. The molecule has 0 saturated heterocycles. The number of hydrogen-bond acceptors (Lipinski definition) is 3. The fraction of sp³-hybridized carbons (Fsp3) is 0.417. The van der Waals surface area contributed by atoms with Gasteiger partial charge in [-0.3, -0.25) is 9.59 Å². The second kappa shape index (κ2) is 4.42. The summed E-state index contributed by atoms with van der Waals surface area (Å²) in [7, 11) is 0. The summed E-state index contributed by atoms with van der Waals surface area (Å²) in [6.07, 6.45) is 0. The Bertz CT molecular complexity index is 550. The number of aromatic nitrogens is 1. The lowest BCUT2D eigenvalue weighted by atomic mass is 9.93. The average molecular weight is 234 g/mol. The molecule has 17 heavy (non-hydrogen) atoms. The summed E-state index contributed by atoms with van der Waals surface area (Å²) in [5, 5.41) is 17.8. The van der Waals surface area contributed by atoms with E-state index < -0.39 is 16.9 Å². The second-order valence-corrected chi connectivity index (χ2v) is 4.58. The Morgan fingerprint density at radius 2 is 2.12 bits per heavy atom. The molecule has 90 valence electrons. The van der Waals surface area contributed by atoms with Gasteiger partial charge in [-0.2, -0.15) is 5.26 Å². The van der Waals surface area contributed by atoms with Gasteiger partial charge in [0.2, 0.25) is 0 Å². The molecule has 5 nitrogen and oxygen atoms in total. The summed E-state index contributed by atoms with van der Waals surface area (Å²) in [5.74, 6) is -0.980. The molecule has 0 bridgehead atoms. The number of hydrogen-bond donors (Lipinski definition) is 1. The maximum absolute atomic E-state index is 11.9. The topological polar surface area (TPSA) is 83.1 Å². The lowest BCUT2D eigenvalue weighted by molar-refractivity contribution is -0.147. The number of aryl methyl sites for hydroxylation is 1. The lowest BCUT2D eigenvalue weighted by Crippen LogP contribution is -2.35. The number of carbonyl (C=O) groups is 1. The van der Waals surface area contributed by atoms with Crippen LogP contribution in [0.4, 0.5) is 0 Å². The molecule has 0 amide bonds. The SMILES string of the molecule is Cc1ccc(C#N)c(=O)n1CC(C)(C)C(=O)O. The number of carboxylic acid groups (broad SMARTS) is 1. The summed E-state index contributed by atoms with van der Waals surface area (Å²) in [5.41, 5.74) is -0.829. The fourth-order valence-corrected chi connectivity index (χ4v) is 1.42.